The van der Waals surface area contributed by atoms with Gasteiger partial charge in [0.1, 0.15) is 0 Å². The fourth-order valence-corrected chi connectivity index (χ4v) is 2.18. The van der Waals surface area contributed by atoms with Crippen molar-refractivity contribution in [1.82, 2.24) is 4.57 Å². The first-order chi connectivity index (χ1) is 5.87. The Kier molecular flexibility index (Phi) is 1.93. The number of aliphatic hydroxyl groups is 1. The lowest BCUT2D eigenvalue weighted by Crippen LogP contribution is -2.33. The van der Waals surface area contributed by atoms with Gasteiger partial charge in [-0.1, -0.05) is 12.8 Å². The molecule has 1 aromatic rings. The number of nitrogens with zero attached hydrogens (tertiary/aromatic N) is 1. The van der Waals surface area contributed by atoms with Gasteiger partial charge in [-0.2, -0.15) is 0 Å². The van der Waals surface area contributed by atoms with Gasteiger partial charge in [-0.15, -0.1) is 0 Å². The normalized spacial score (nSPS) is 21.4. The zero-order valence-electron chi connectivity index (χ0n) is 7.24. The Morgan fingerprint density at radius 2 is 1.75 bits per heavy atom. The minimum atomic E-state index is 0.0313. The van der Waals surface area contributed by atoms with E-state index in [2.05, 4.69) is 17.0 Å². The van der Waals surface area contributed by atoms with Gasteiger partial charge in [0.15, 0.2) is 0 Å². The molecule has 0 aromatic carbocycles. The summed E-state index contributed by atoms with van der Waals surface area (Å²) in [5.74, 6) is 0. The average Bonchev–Trinajstić information content (AvgIpc) is 2.76. The van der Waals surface area contributed by atoms with Crippen LogP contribution in [0.5, 0.6) is 0 Å². The molecule has 0 unspecified atom stereocenters. The molecule has 0 bridgehead atoms. The fourth-order valence-electron chi connectivity index (χ4n) is 2.18. The molecule has 0 amide bonds. The van der Waals surface area contributed by atoms with E-state index >= 15 is 0 Å². The molecule has 1 heterocycles. The molecule has 0 aliphatic heterocycles. The number of aliphatic hydroxyl groups excluding tert-OH is 1. The molecule has 1 saturated carbocycles. The van der Waals surface area contributed by atoms with Gasteiger partial charge in [0.05, 0.1) is 12.1 Å². The van der Waals surface area contributed by atoms with E-state index < -0.39 is 0 Å². The first kappa shape index (κ1) is 7.87. The second kappa shape index (κ2) is 2.94. The average molecular weight is 165 g/mol. The Morgan fingerprint density at radius 1 is 1.17 bits per heavy atom. The monoisotopic (exact) mass is 165 g/mol. The summed E-state index contributed by atoms with van der Waals surface area (Å²) in [4.78, 5) is 0. The maximum Gasteiger partial charge on any atom is 0.0670 e. The third kappa shape index (κ3) is 1.07. The number of hydrogen-bond donors (Lipinski definition) is 1. The SMILES string of the molecule is OCC1(n2cccc2)CCCC1. The van der Waals surface area contributed by atoms with E-state index in [0.29, 0.717) is 0 Å². The van der Waals surface area contributed by atoms with Crippen LogP contribution < -0.4 is 0 Å². The fraction of sp³-hybridized carbons (Fsp3) is 0.600. The highest BCUT2D eigenvalue weighted by Gasteiger charge is 2.33. The second-order valence-corrected chi connectivity index (χ2v) is 3.68. The third-order valence-electron chi connectivity index (χ3n) is 2.98. The van der Waals surface area contributed by atoms with Gasteiger partial charge < -0.3 is 9.67 Å². The molecule has 0 radical (unpaired) electrons. The third-order valence-corrected chi connectivity index (χ3v) is 2.98. The summed E-state index contributed by atoms with van der Waals surface area (Å²) >= 11 is 0. The Bertz CT molecular complexity index is 234. The lowest BCUT2D eigenvalue weighted by Gasteiger charge is -2.28. The molecule has 2 nitrogen and oxygen atoms in total. The van der Waals surface area contributed by atoms with Gasteiger partial charge >= 0.3 is 0 Å². The molecule has 1 aromatic heterocycles. The van der Waals surface area contributed by atoms with E-state index in [0.717, 1.165) is 12.8 Å². The van der Waals surface area contributed by atoms with Crippen LogP contribution in [-0.4, -0.2) is 16.3 Å². The van der Waals surface area contributed by atoms with E-state index in [4.69, 9.17) is 0 Å². The van der Waals surface area contributed by atoms with Crippen LogP contribution in [0.4, 0.5) is 0 Å². The summed E-state index contributed by atoms with van der Waals surface area (Å²) < 4.78 is 2.17. The topological polar surface area (TPSA) is 25.2 Å². The van der Waals surface area contributed by atoms with E-state index in [1.807, 2.05) is 12.1 Å². The molecule has 1 fully saturated rings. The quantitative estimate of drug-likeness (QED) is 0.709. The first-order valence-electron chi connectivity index (χ1n) is 4.62. The molecule has 1 aliphatic carbocycles. The largest absolute Gasteiger partial charge is 0.394 e. The summed E-state index contributed by atoms with van der Waals surface area (Å²) in [7, 11) is 0. The Balaban J connectivity index is 2.28. The van der Waals surface area contributed by atoms with Gasteiger partial charge in [-0.25, -0.2) is 0 Å². The number of aromatic nitrogens is 1. The minimum Gasteiger partial charge on any atom is -0.394 e. The Hall–Kier alpha value is -0.760. The van der Waals surface area contributed by atoms with Gasteiger partial charge in [0.25, 0.3) is 0 Å². The molecule has 0 saturated heterocycles. The second-order valence-electron chi connectivity index (χ2n) is 3.68. The van der Waals surface area contributed by atoms with Crippen LogP contribution in [0, 0.1) is 0 Å². The van der Waals surface area contributed by atoms with Crippen LogP contribution in [0.1, 0.15) is 25.7 Å². The predicted octanol–water partition coefficient (Wildman–Crippen LogP) is 1.75. The Morgan fingerprint density at radius 3 is 2.25 bits per heavy atom. The van der Waals surface area contributed by atoms with Crippen LogP contribution >= 0.6 is 0 Å². The summed E-state index contributed by atoms with van der Waals surface area (Å²) in [6.45, 7) is 0.279. The van der Waals surface area contributed by atoms with Crippen LogP contribution in [0.15, 0.2) is 24.5 Å². The summed E-state index contributed by atoms with van der Waals surface area (Å²) in [5, 5.41) is 9.37. The van der Waals surface area contributed by atoms with Crippen molar-refractivity contribution >= 4 is 0 Å². The molecule has 66 valence electrons. The van der Waals surface area contributed by atoms with Crippen molar-refractivity contribution in [2.45, 2.75) is 31.2 Å². The van der Waals surface area contributed by atoms with Gasteiger partial charge in [0.2, 0.25) is 0 Å². The van der Waals surface area contributed by atoms with Crippen molar-refractivity contribution < 1.29 is 5.11 Å². The molecule has 2 rings (SSSR count). The van der Waals surface area contributed by atoms with Crippen LogP contribution in [0.25, 0.3) is 0 Å². The zero-order valence-corrected chi connectivity index (χ0v) is 7.24. The standard InChI is InChI=1S/C10H15NO/c12-9-10(5-1-2-6-10)11-7-3-4-8-11/h3-4,7-8,12H,1-2,5-6,9H2. The highest BCUT2D eigenvalue weighted by Crippen LogP contribution is 2.35. The van der Waals surface area contributed by atoms with Gasteiger partial charge in [-0.05, 0) is 25.0 Å². The maximum atomic E-state index is 9.37. The smallest absolute Gasteiger partial charge is 0.0670 e. The van der Waals surface area contributed by atoms with Crippen molar-refractivity contribution in [2.24, 2.45) is 0 Å². The lowest BCUT2D eigenvalue weighted by atomic mass is 9.99. The molecule has 2 heteroatoms. The summed E-state index contributed by atoms with van der Waals surface area (Å²) in [6, 6.07) is 4.05. The van der Waals surface area contributed by atoms with Crippen LogP contribution in [0.3, 0.4) is 0 Å². The number of hydrogen-bond acceptors (Lipinski definition) is 1. The minimum absolute atomic E-state index is 0.0313. The first-order valence-corrected chi connectivity index (χ1v) is 4.62. The predicted molar refractivity (Wildman–Crippen MR) is 48.0 cm³/mol. The number of rotatable bonds is 2. The van der Waals surface area contributed by atoms with Crippen molar-refractivity contribution in [2.75, 3.05) is 6.61 Å². The van der Waals surface area contributed by atoms with Crippen molar-refractivity contribution in [3.05, 3.63) is 24.5 Å². The molecule has 1 N–H and O–H groups in total. The molecular formula is C10H15NO. The van der Waals surface area contributed by atoms with Crippen LogP contribution in [-0.2, 0) is 5.54 Å². The zero-order chi connectivity index (χ0) is 8.44. The maximum absolute atomic E-state index is 9.37. The molecule has 12 heavy (non-hydrogen) atoms. The molecule has 0 atom stereocenters. The van der Waals surface area contributed by atoms with Crippen molar-refractivity contribution in [3.8, 4) is 0 Å². The van der Waals surface area contributed by atoms with Gasteiger partial charge in [-0.3, -0.25) is 0 Å². The lowest BCUT2D eigenvalue weighted by molar-refractivity contribution is 0.137. The molecule has 1 aliphatic rings. The van der Waals surface area contributed by atoms with E-state index in [1.165, 1.54) is 12.8 Å². The van der Waals surface area contributed by atoms with Gasteiger partial charge in [0, 0.05) is 12.4 Å². The summed E-state index contributed by atoms with van der Waals surface area (Å²) in [6.07, 6.45) is 8.86. The van der Waals surface area contributed by atoms with Crippen LogP contribution in [0.2, 0.25) is 0 Å². The van der Waals surface area contributed by atoms with Crippen molar-refractivity contribution in [1.29, 1.82) is 0 Å². The van der Waals surface area contributed by atoms with E-state index in [1.54, 1.807) is 0 Å². The van der Waals surface area contributed by atoms with Crippen molar-refractivity contribution in [3.63, 3.8) is 0 Å². The Labute approximate surface area is 72.8 Å². The van der Waals surface area contributed by atoms with E-state index in [-0.39, 0.29) is 12.1 Å². The highest BCUT2D eigenvalue weighted by atomic mass is 16.3. The summed E-state index contributed by atoms with van der Waals surface area (Å²) in [5.41, 5.74) is 0.0313. The van der Waals surface area contributed by atoms with E-state index in [9.17, 15) is 5.11 Å². The molecule has 0 spiro atoms. The highest BCUT2D eigenvalue weighted by molar-refractivity contribution is 5.00. The molecular weight excluding hydrogens is 150 g/mol.